The van der Waals surface area contributed by atoms with Gasteiger partial charge in [-0.15, -0.1) is 0 Å². The minimum absolute atomic E-state index is 0.00968. The topological polar surface area (TPSA) is 63.6 Å². The molecule has 1 saturated carbocycles. The molecule has 0 amide bonds. The highest BCUT2D eigenvalue weighted by Gasteiger charge is 2.53. The van der Waals surface area contributed by atoms with Gasteiger partial charge in [0.25, 0.3) is 0 Å². The Morgan fingerprint density at radius 1 is 1.30 bits per heavy atom. The van der Waals surface area contributed by atoms with Crippen LogP contribution in [0, 0.1) is 22.7 Å². The Bertz CT molecular complexity index is 505. The fourth-order valence-corrected chi connectivity index (χ4v) is 5.13. The summed E-state index contributed by atoms with van der Waals surface area (Å²) in [5.74, 6) is 0.111. The molecule has 0 unspecified atom stereocenters. The number of ketones is 1. The molecule has 2 rings (SSSR count). The SMILES string of the molecule is COC(=O)C1=CC[C@H]2C(C)(C)CCC[C@]2(C)[C@H]1CCC(=O)CO. The van der Waals surface area contributed by atoms with E-state index in [0.717, 1.165) is 24.8 Å². The number of methoxy groups -OCH3 is 1. The van der Waals surface area contributed by atoms with Crippen molar-refractivity contribution < 1.29 is 19.4 Å². The first-order valence-corrected chi connectivity index (χ1v) is 8.67. The van der Waals surface area contributed by atoms with Crippen molar-refractivity contribution in [3.63, 3.8) is 0 Å². The minimum Gasteiger partial charge on any atom is -0.466 e. The molecule has 0 saturated heterocycles. The first kappa shape index (κ1) is 18.2. The summed E-state index contributed by atoms with van der Waals surface area (Å²) in [6.45, 7) is 6.50. The highest BCUT2D eigenvalue weighted by Crippen LogP contribution is 2.60. The van der Waals surface area contributed by atoms with Crippen LogP contribution in [0.5, 0.6) is 0 Å². The summed E-state index contributed by atoms with van der Waals surface area (Å²) in [5.41, 5.74) is 0.981. The number of allylic oxidation sites excluding steroid dienone is 1. The third kappa shape index (κ3) is 3.37. The van der Waals surface area contributed by atoms with E-state index in [1.54, 1.807) is 0 Å². The number of aliphatic hydroxyl groups excluding tert-OH is 1. The Morgan fingerprint density at radius 3 is 2.61 bits per heavy atom. The van der Waals surface area contributed by atoms with E-state index in [0.29, 0.717) is 18.8 Å². The van der Waals surface area contributed by atoms with Crippen molar-refractivity contribution >= 4 is 11.8 Å². The van der Waals surface area contributed by atoms with Gasteiger partial charge in [0.15, 0.2) is 5.78 Å². The van der Waals surface area contributed by atoms with E-state index >= 15 is 0 Å². The van der Waals surface area contributed by atoms with Gasteiger partial charge in [0, 0.05) is 12.0 Å². The average molecular weight is 322 g/mol. The fraction of sp³-hybridized carbons (Fsp3) is 0.789. The number of fused-ring (bicyclic) bond motifs is 1. The second-order valence-corrected chi connectivity index (χ2v) is 8.08. The molecule has 130 valence electrons. The molecule has 2 aliphatic carbocycles. The van der Waals surface area contributed by atoms with Crippen LogP contribution in [0.2, 0.25) is 0 Å². The number of esters is 1. The molecule has 2 aliphatic rings. The maximum absolute atomic E-state index is 12.2. The fourth-order valence-electron chi connectivity index (χ4n) is 5.13. The molecular formula is C19H30O4. The number of Topliss-reactive ketones (excluding diaryl/α,β-unsaturated/α-hetero) is 1. The molecule has 0 aromatic carbocycles. The summed E-state index contributed by atoms with van der Waals surface area (Å²) in [7, 11) is 1.42. The summed E-state index contributed by atoms with van der Waals surface area (Å²) < 4.78 is 4.99. The number of rotatable bonds is 5. The van der Waals surface area contributed by atoms with Crippen LogP contribution in [-0.2, 0) is 14.3 Å². The number of ether oxygens (including phenoxy) is 1. The molecule has 4 nitrogen and oxygen atoms in total. The molecule has 1 fully saturated rings. The normalized spacial score (nSPS) is 32.7. The van der Waals surface area contributed by atoms with Crippen LogP contribution in [0.1, 0.15) is 59.3 Å². The largest absolute Gasteiger partial charge is 0.466 e. The Kier molecular flexibility index (Phi) is 5.34. The average Bonchev–Trinajstić information content (AvgIpc) is 2.50. The van der Waals surface area contributed by atoms with Crippen molar-refractivity contribution in [2.45, 2.75) is 59.3 Å². The Balaban J connectivity index is 2.36. The van der Waals surface area contributed by atoms with Crippen LogP contribution in [0.4, 0.5) is 0 Å². The first-order chi connectivity index (χ1) is 10.8. The van der Waals surface area contributed by atoms with E-state index in [9.17, 15) is 9.59 Å². The van der Waals surface area contributed by atoms with E-state index in [2.05, 4.69) is 20.8 Å². The van der Waals surface area contributed by atoms with E-state index in [-0.39, 0.29) is 28.5 Å². The van der Waals surface area contributed by atoms with Gasteiger partial charge in [-0.05, 0) is 48.3 Å². The number of aliphatic hydroxyl groups is 1. The second-order valence-electron chi connectivity index (χ2n) is 8.08. The smallest absolute Gasteiger partial charge is 0.333 e. The van der Waals surface area contributed by atoms with Crippen molar-refractivity contribution in [3.8, 4) is 0 Å². The van der Waals surface area contributed by atoms with Crippen molar-refractivity contribution in [3.05, 3.63) is 11.6 Å². The van der Waals surface area contributed by atoms with Crippen molar-refractivity contribution in [1.29, 1.82) is 0 Å². The molecule has 0 radical (unpaired) electrons. The van der Waals surface area contributed by atoms with Crippen LogP contribution >= 0.6 is 0 Å². The summed E-state index contributed by atoms with van der Waals surface area (Å²) >= 11 is 0. The number of hydrogen-bond acceptors (Lipinski definition) is 4. The molecule has 0 heterocycles. The zero-order chi connectivity index (χ0) is 17.3. The highest BCUT2D eigenvalue weighted by molar-refractivity contribution is 5.89. The molecule has 0 aromatic rings. The van der Waals surface area contributed by atoms with Gasteiger partial charge in [-0.3, -0.25) is 4.79 Å². The van der Waals surface area contributed by atoms with Crippen LogP contribution in [0.3, 0.4) is 0 Å². The van der Waals surface area contributed by atoms with E-state index in [1.165, 1.54) is 13.5 Å². The molecule has 0 bridgehead atoms. The quantitative estimate of drug-likeness (QED) is 0.789. The second kappa shape index (κ2) is 6.76. The Hall–Kier alpha value is -1.16. The van der Waals surface area contributed by atoms with Crippen molar-refractivity contribution in [1.82, 2.24) is 0 Å². The van der Waals surface area contributed by atoms with Crippen molar-refractivity contribution in [2.24, 2.45) is 22.7 Å². The van der Waals surface area contributed by atoms with Gasteiger partial charge in [-0.2, -0.15) is 0 Å². The van der Waals surface area contributed by atoms with Gasteiger partial charge < -0.3 is 9.84 Å². The van der Waals surface area contributed by atoms with Crippen LogP contribution in [-0.4, -0.2) is 30.6 Å². The summed E-state index contributed by atoms with van der Waals surface area (Å²) in [5, 5.41) is 9.01. The number of carbonyl (C=O) groups excluding carboxylic acids is 2. The Morgan fingerprint density at radius 2 is 2.00 bits per heavy atom. The van der Waals surface area contributed by atoms with Crippen molar-refractivity contribution in [2.75, 3.05) is 13.7 Å². The summed E-state index contributed by atoms with van der Waals surface area (Å²) in [6.07, 6.45) is 7.31. The molecule has 23 heavy (non-hydrogen) atoms. The van der Waals surface area contributed by atoms with Gasteiger partial charge >= 0.3 is 5.97 Å². The van der Waals surface area contributed by atoms with E-state index in [1.807, 2.05) is 6.08 Å². The predicted octanol–water partition coefficient (Wildman–Crippen LogP) is 3.28. The van der Waals surface area contributed by atoms with E-state index < -0.39 is 6.61 Å². The maximum atomic E-state index is 12.2. The lowest BCUT2D eigenvalue weighted by Gasteiger charge is -2.56. The molecule has 1 N–H and O–H groups in total. The first-order valence-electron chi connectivity index (χ1n) is 8.67. The zero-order valence-corrected chi connectivity index (χ0v) is 14.9. The molecule has 0 spiro atoms. The summed E-state index contributed by atoms with van der Waals surface area (Å²) in [6, 6.07) is 0. The van der Waals surface area contributed by atoms with Crippen LogP contribution in [0.15, 0.2) is 11.6 Å². The van der Waals surface area contributed by atoms with Crippen LogP contribution < -0.4 is 0 Å². The standard InChI is InChI=1S/C19H30O4/c1-18(2)10-5-11-19(3)15(8-6-13(21)12-20)14(17(22)23-4)7-9-16(18)19/h7,15-16,20H,5-6,8-12H2,1-4H3/t15-,16-,19+/m0/s1. The van der Waals surface area contributed by atoms with Gasteiger partial charge in [-0.25, -0.2) is 4.79 Å². The molecular weight excluding hydrogens is 292 g/mol. The molecule has 0 aliphatic heterocycles. The van der Waals surface area contributed by atoms with E-state index in [4.69, 9.17) is 9.84 Å². The van der Waals surface area contributed by atoms with Gasteiger partial charge in [0.05, 0.1) is 7.11 Å². The minimum atomic E-state index is -0.421. The Labute approximate surface area is 139 Å². The lowest BCUT2D eigenvalue weighted by Crippen LogP contribution is -2.49. The lowest BCUT2D eigenvalue weighted by molar-refractivity contribution is -0.139. The van der Waals surface area contributed by atoms with Gasteiger partial charge in [0.1, 0.15) is 6.61 Å². The maximum Gasteiger partial charge on any atom is 0.333 e. The zero-order valence-electron chi connectivity index (χ0n) is 14.9. The van der Waals surface area contributed by atoms with Gasteiger partial charge in [0.2, 0.25) is 0 Å². The highest BCUT2D eigenvalue weighted by atomic mass is 16.5. The third-order valence-electron chi connectivity index (χ3n) is 6.33. The van der Waals surface area contributed by atoms with Crippen LogP contribution in [0.25, 0.3) is 0 Å². The van der Waals surface area contributed by atoms with Gasteiger partial charge in [-0.1, -0.05) is 33.3 Å². The summed E-state index contributed by atoms with van der Waals surface area (Å²) in [4.78, 5) is 23.9. The molecule has 4 heteroatoms. The third-order valence-corrected chi connectivity index (χ3v) is 6.33. The molecule has 0 aromatic heterocycles. The number of hydrogen-bond donors (Lipinski definition) is 1. The number of carbonyl (C=O) groups is 2. The predicted molar refractivity (Wildman–Crippen MR) is 88.8 cm³/mol. The monoisotopic (exact) mass is 322 g/mol. The lowest BCUT2D eigenvalue weighted by atomic mass is 9.48. The molecule has 3 atom stereocenters.